The van der Waals surface area contributed by atoms with E-state index in [1.807, 2.05) is 0 Å². The van der Waals surface area contributed by atoms with E-state index >= 15 is 0 Å². The molecule has 0 heterocycles. The summed E-state index contributed by atoms with van der Waals surface area (Å²) in [4.78, 5) is 0. The third-order valence-corrected chi connectivity index (χ3v) is 3.26. The molecule has 3 rings (SSSR count). The van der Waals surface area contributed by atoms with Gasteiger partial charge < -0.3 is 10.5 Å². The molecule has 0 unspecified atom stereocenters. The zero-order valence-electron chi connectivity index (χ0n) is 8.10. The molecule has 0 saturated heterocycles. The van der Waals surface area contributed by atoms with Crippen molar-refractivity contribution in [2.24, 2.45) is 11.1 Å². The van der Waals surface area contributed by atoms with Crippen LogP contribution in [0.1, 0.15) is 39.5 Å². The van der Waals surface area contributed by atoms with Gasteiger partial charge in [-0.05, 0) is 44.9 Å². The van der Waals surface area contributed by atoms with Gasteiger partial charge in [0.25, 0.3) is 0 Å². The van der Waals surface area contributed by atoms with Crippen molar-refractivity contribution in [3.8, 4) is 0 Å². The fraction of sp³-hybridized carbons (Fsp3) is 1.00. The van der Waals surface area contributed by atoms with Gasteiger partial charge in [-0.15, -0.1) is 0 Å². The Labute approximate surface area is 74.5 Å². The van der Waals surface area contributed by atoms with E-state index < -0.39 is 0 Å². The first-order valence-electron chi connectivity index (χ1n) is 4.94. The van der Waals surface area contributed by atoms with Crippen LogP contribution in [-0.4, -0.2) is 18.2 Å². The molecule has 0 radical (unpaired) electrons. The molecule has 3 aliphatic carbocycles. The Morgan fingerprint density at radius 2 is 1.92 bits per heavy atom. The number of ether oxygens (including phenoxy) is 1. The summed E-state index contributed by atoms with van der Waals surface area (Å²) in [5, 5.41) is 0. The van der Waals surface area contributed by atoms with Crippen molar-refractivity contribution in [1.82, 2.24) is 0 Å². The zero-order chi connectivity index (χ0) is 8.82. The first-order valence-corrected chi connectivity index (χ1v) is 4.94. The fourth-order valence-electron chi connectivity index (χ4n) is 2.86. The summed E-state index contributed by atoms with van der Waals surface area (Å²) in [5.74, 6) is 0. The highest BCUT2D eigenvalue weighted by molar-refractivity contribution is 5.21. The Bertz CT molecular complexity index is 169. The molecule has 2 heteroatoms. The summed E-state index contributed by atoms with van der Waals surface area (Å²) in [7, 11) is 0. The van der Waals surface area contributed by atoms with Crippen molar-refractivity contribution >= 4 is 0 Å². The molecule has 0 aromatic rings. The molecule has 3 aliphatic rings. The van der Waals surface area contributed by atoms with Crippen LogP contribution in [-0.2, 0) is 4.74 Å². The second-order valence-electron chi connectivity index (χ2n) is 5.06. The average molecular weight is 169 g/mol. The Hall–Kier alpha value is -0.0800. The van der Waals surface area contributed by atoms with Gasteiger partial charge in [0.2, 0.25) is 0 Å². The quantitative estimate of drug-likeness (QED) is 0.695. The maximum absolute atomic E-state index is 5.96. The van der Waals surface area contributed by atoms with Gasteiger partial charge in [-0.1, -0.05) is 0 Å². The van der Waals surface area contributed by atoms with Crippen molar-refractivity contribution in [3.63, 3.8) is 0 Å². The van der Waals surface area contributed by atoms with Crippen LogP contribution < -0.4 is 5.73 Å². The summed E-state index contributed by atoms with van der Waals surface area (Å²) in [5.41, 5.74) is 6.84. The van der Waals surface area contributed by atoms with Gasteiger partial charge in [0.15, 0.2) is 0 Å². The first kappa shape index (κ1) is 8.52. The maximum Gasteiger partial charge on any atom is 0.0518 e. The predicted molar refractivity (Wildman–Crippen MR) is 48.9 cm³/mol. The number of nitrogens with two attached hydrogens (primary N) is 1. The topological polar surface area (TPSA) is 35.2 Å². The van der Waals surface area contributed by atoms with Crippen LogP contribution in [0.15, 0.2) is 0 Å². The summed E-state index contributed by atoms with van der Waals surface area (Å²) in [6, 6.07) is 0. The summed E-state index contributed by atoms with van der Waals surface area (Å²) in [6.45, 7) is 5.10. The van der Waals surface area contributed by atoms with Crippen molar-refractivity contribution in [1.29, 1.82) is 0 Å². The molecule has 2 nitrogen and oxygen atoms in total. The molecule has 3 fully saturated rings. The fourth-order valence-corrected chi connectivity index (χ4v) is 2.86. The molecule has 0 aromatic heterocycles. The van der Waals surface area contributed by atoms with Gasteiger partial charge in [0.05, 0.1) is 6.10 Å². The molecular formula is C10H19NO. The molecule has 0 aliphatic heterocycles. The highest BCUT2D eigenvalue weighted by atomic mass is 16.5. The predicted octanol–water partition coefficient (Wildman–Crippen LogP) is 1.68. The van der Waals surface area contributed by atoms with Gasteiger partial charge in [0.1, 0.15) is 0 Å². The standard InChI is InChI=1S/C10H19NO/c1-8(2)12-4-3-9-5-10(11,6-9)7-9/h8H,3-7,11H2,1-2H3. The van der Waals surface area contributed by atoms with Gasteiger partial charge in [-0.2, -0.15) is 0 Å². The highest BCUT2D eigenvalue weighted by Crippen LogP contribution is 2.67. The zero-order valence-corrected chi connectivity index (χ0v) is 8.10. The van der Waals surface area contributed by atoms with Gasteiger partial charge in [-0.3, -0.25) is 0 Å². The number of hydrogen-bond donors (Lipinski definition) is 1. The molecule has 0 amide bonds. The Morgan fingerprint density at radius 3 is 2.33 bits per heavy atom. The van der Waals surface area contributed by atoms with Crippen LogP contribution in [0, 0.1) is 5.41 Å². The normalized spacial score (nSPS) is 44.0. The van der Waals surface area contributed by atoms with Crippen LogP contribution in [0.5, 0.6) is 0 Å². The van der Waals surface area contributed by atoms with Crippen LogP contribution in [0.4, 0.5) is 0 Å². The minimum atomic E-state index is 0.262. The number of rotatable bonds is 4. The Balaban J connectivity index is 1.64. The van der Waals surface area contributed by atoms with Gasteiger partial charge in [-0.25, -0.2) is 0 Å². The second kappa shape index (κ2) is 2.46. The lowest BCUT2D eigenvalue weighted by atomic mass is 9.39. The van der Waals surface area contributed by atoms with E-state index in [4.69, 9.17) is 10.5 Å². The lowest BCUT2D eigenvalue weighted by molar-refractivity contribution is -0.148. The lowest BCUT2D eigenvalue weighted by Crippen LogP contribution is -2.72. The second-order valence-corrected chi connectivity index (χ2v) is 5.06. The molecule has 2 N–H and O–H groups in total. The minimum Gasteiger partial charge on any atom is -0.379 e. The SMILES string of the molecule is CC(C)OCCC12CC(N)(C1)C2. The molecule has 0 spiro atoms. The van der Waals surface area contributed by atoms with E-state index in [9.17, 15) is 0 Å². The minimum absolute atomic E-state index is 0.262. The smallest absolute Gasteiger partial charge is 0.0518 e. The van der Waals surface area contributed by atoms with Crippen molar-refractivity contribution in [2.75, 3.05) is 6.61 Å². The van der Waals surface area contributed by atoms with Crippen LogP contribution >= 0.6 is 0 Å². The van der Waals surface area contributed by atoms with Crippen LogP contribution in [0.25, 0.3) is 0 Å². The van der Waals surface area contributed by atoms with Crippen LogP contribution in [0.3, 0.4) is 0 Å². The molecule has 12 heavy (non-hydrogen) atoms. The van der Waals surface area contributed by atoms with Gasteiger partial charge >= 0.3 is 0 Å². The molecule has 2 bridgehead atoms. The van der Waals surface area contributed by atoms with E-state index in [0.29, 0.717) is 11.5 Å². The first-order chi connectivity index (χ1) is 5.54. The molecular weight excluding hydrogens is 150 g/mol. The summed E-state index contributed by atoms with van der Waals surface area (Å²) in [6.07, 6.45) is 5.36. The molecule has 0 atom stereocenters. The van der Waals surface area contributed by atoms with Crippen molar-refractivity contribution in [2.45, 2.75) is 51.2 Å². The Morgan fingerprint density at radius 1 is 1.33 bits per heavy atom. The number of hydrogen-bond acceptors (Lipinski definition) is 2. The van der Waals surface area contributed by atoms with Crippen molar-refractivity contribution in [3.05, 3.63) is 0 Å². The third-order valence-electron chi connectivity index (χ3n) is 3.26. The largest absolute Gasteiger partial charge is 0.379 e. The van der Waals surface area contributed by atoms with Crippen molar-refractivity contribution < 1.29 is 4.74 Å². The highest BCUT2D eigenvalue weighted by Gasteiger charge is 2.64. The monoisotopic (exact) mass is 169 g/mol. The maximum atomic E-state index is 5.96. The van der Waals surface area contributed by atoms with E-state index in [0.717, 1.165) is 6.61 Å². The Kier molecular flexibility index (Phi) is 1.74. The third kappa shape index (κ3) is 1.27. The van der Waals surface area contributed by atoms with Crippen LogP contribution in [0.2, 0.25) is 0 Å². The molecule has 70 valence electrons. The average Bonchev–Trinajstić information content (AvgIpc) is 1.80. The summed E-state index contributed by atoms with van der Waals surface area (Å²) < 4.78 is 5.53. The lowest BCUT2D eigenvalue weighted by Gasteiger charge is -2.69. The molecule has 3 saturated carbocycles. The van der Waals surface area contributed by atoms with E-state index in [1.54, 1.807) is 0 Å². The van der Waals surface area contributed by atoms with Gasteiger partial charge in [0, 0.05) is 12.1 Å². The molecule has 0 aromatic carbocycles. The van der Waals surface area contributed by atoms with E-state index in [-0.39, 0.29) is 5.54 Å². The summed E-state index contributed by atoms with van der Waals surface area (Å²) >= 11 is 0. The van der Waals surface area contributed by atoms with E-state index in [2.05, 4.69) is 13.8 Å². The van der Waals surface area contributed by atoms with E-state index in [1.165, 1.54) is 25.7 Å².